The summed E-state index contributed by atoms with van der Waals surface area (Å²) in [7, 11) is 1.67. The number of hydrogen-bond acceptors (Lipinski definition) is 6. The highest BCUT2D eigenvalue weighted by Gasteiger charge is 2.05. The summed E-state index contributed by atoms with van der Waals surface area (Å²) in [4.78, 5) is 8.61. The van der Waals surface area contributed by atoms with E-state index in [9.17, 15) is 0 Å². The number of nitrogens with one attached hydrogen (secondary N) is 2. The highest BCUT2D eigenvalue weighted by atomic mass is 16.5. The number of anilines is 3. The third-order valence-electron chi connectivity index (χ3n) is 2.70. The Morgan fingerprint density at radius 1 is 1.19 bits per heavy atom. The van der Waals surface area contributed by atoms with Gasteiger partial charge in [-0.3, -0.25) is 0 Å². The van der Waals surface area contributed by atoms with E-state index in [2.05, 4.69) is 20.6 Å². The zero-order chi connectivity index (χ0) is 14.9. The average molecular weight is 288 g/mol. The molecule has 0 saturated carbocycles. The van der Waals surface area contributed by atoms with Crippen LogP contribution in [0.4, 0.5) is 17.5 Å². The minimum atomic E-state index is 0.518. The molecule has 0 saturated heterocycles. The van der Waals surface area contributed by atoms with Gasteiger partial charge in [-0.2, -0.15) is 4.98 Å². The molecule has 6 nitrogen and oxygen atoms in total. The Labute approximate surface area is 124 Å². The van der Waals surface area contributed by atoms with Crippen LogP contribution >= 0.6 is 0 Å². The lowest BCUT2D eigenvalue weighted by atomic mass is 10.3. The van der Waals surface area contributed by atoms with Crippen molar-refractivity contribution in [3.63, 3.8) is 0 Å². The molecule has 2 aromatic rings. The number of ether oxygens (including phenoxy) is 2. The predicted octanol–water partition coefficient (Wildman–Crippen LogP) is 2.68. The lowest BCUT2D eigenvalue weighted by Crippen LogP contribution is -2.10. The Morgan fingerprint density at radius 2 is 2.05 bits per heavy atom. The molecule has 0 radical (unpaired) electrons. The van der Waals surface area contributed by atoms with Crippen LogP contribution in [0.25, 0.3) is 0 Å². The third-order valence-corrected chi connectivity index (χ3v) is 2.70. The van der Waals surface area contributed by atoms with E-state index in [1.165, 1.54) is 0 Å². The lowest BCUT2D eigenvalue weighted by Gasteiger charge is -2.11. The Balaban J connectivity index is 2.07. The van der Waals surface area contributed by atoms with Crippen molar-refractivity contribution < 1.29 is 9.47 Å². The van der Waals surface area contributed by atoms with Crippen molar-refractivity contribution in [3.05, 3.63) is 36.5 Å². The van der Waals surface area contributed by atoms with Crippen LogP contribution in [0, 0.1) is 0 Å². The fraction of sp³-hybridized carbons (Fsp3) is 0.333. The smallest absolute Gasteiger partial charge is 0.229 e. The summed E-state index contributed by atoms with van der Waals surface area (Å²) < 4.78 is 10.6. The van der Waals surface area contributed by atoms with Crippen LogP contribution in [0.1, 0.15) is 6.92 Å². The Kier molecular flexibility index (Phi) is 5.78. The first-order valence-corrected chi connectivity index (χ1v) is 6.88. The number of rotatable bonds is 8. The first kappa shape index (κ1) is 15.1. The largest absolute Gasteiger partial charge is 0.492 e. The van der Waals surface area contributed by atoms with Crippen LogP contribution in [0.15, 0.2) is 36.5 Å². The molecule has 0 unspecified atom stereocenters. The Bertz CT molecular complexity index is 563. The first-order chi connectivity index (χ1) is 10.3. The monoisotopic (exact) mass is 288 g/mol. The van der Waals surface area contributed by atoms with E-state index in [0.29, 0.717) is 25.7 Å². The molecule has 0 atom stereocenters. The van der Waals surface area contributed by atoms with Gasteiger partial charge >= 0.3 is 0 Å². The molecule has 21 heavy (non-hydrogen) atoms. The molecular formula is C15H20N4O2. The normalized spacial score (nSPS) is 10.2. The minimum Gasteiger partial charge on any atom is -0.492 e. The van der Waals surface area contributed by atoms with Crippen molar-refractivity contribution >= 4 is 17.5 Å². The van der Waals surface area contributed by atoms with Gasteiger partial charge in [-0.05, 0) is 25.1 Å². The summed E-state index contributed by atoms with van der Waals surface area (Å²) in [5.41, 5.74) is 0.841. The molecule has 6 heteroatoms. The zero-order valence-corrected chi connectivity index (χ0v) is 12.3. The number of methoxy groups -OCH3 is 1. The summed E-state index contributed by atoms with van der Waals surface area (Å²) in [5, 5.41) is 6.33. The second-order valence-corrected chi connectivity index (χ2v) is 4.24. The number of hydrogen-bond donors (Lipinski definition) is 2. The summed E-state index contributed by atoms with van der Waals surface area (Å²) in [5.74, 6) is 2.05. The molecule has 0 amide bonds. The molecule has 2 rings (SSSR count). The highest BCUT2D eigenvalue weighted by molar-refractivity contribution is 5.62. The minimum absolute atomic E-state index is 0.518. The van der Waals surface area contributed by atoms with Crippen molar-refractivity contribution in [2.45, 2.75) is 6.92 Å². The van der Waals surface area contributed by atoms with E-state index in [1.54, 1.807) is 13.3 Å². The van der Waals surface area contributed by atoms with Crippen molar-refractivity contribution in [2.75, 3.05) is 37.5 Å². The van der Waals surface area contributed by atoms with Crippen LogP contribution < -0.4 is 15.4 Å². The SMILES string of the molecule is CCOc1ccccc1Nc1nccc(NCCOC)n1. The first-order valence-electron chi connectivity index (χ1n) is 6.88. The number of para-hydroxylation sites is 2. The second kappa shape index (κ2) is 8.06. The van der Waals surface area contributed by atoms with Crippen molar-refractivity contribution in [2.24, 2.45) is 0 Å². The molecule has 1 aromatic carbocycles. The fourth-order valence-corrected chi connectivity index (χ4v) is 1.77. The molecule has 0 spiro atoms. The zero-order valence-electron chi connectivity index (χ0n) is 12.3. The third kappa shape index (κ3) is 4.61. The molecular weight excluding hydrogens is 268 g/mol. The van der Waals surface area contributed by atoms with Gasteiger partial charge in [-0.15, -0.1) is 0 Å². The molecule has 0 aliphatic carbocycles. The molecule has 0 aliphatic heterocycles. The molecule has 0 bridgehead atoms. The standard InChI is InChI=1S/C15H20N4O2/c1-3-21-13-7-5-4-6-12(13)18-15-17-9-8-14(19-15)16-10-11-20-2/h4-9H,3,10-11H2,1-2H3,(H2,16,17,18,19). The van der Waals surface area contributed by atoms with Crippen LogP contribution in [0.3, 0.4) is 0 Å². The molecule has 1 heterocycles. The van der Waals surface area contributed by atoms with Gasteiger partial charge in [-0.25, -0.2) is 4.98 Å². The predicted molar refractivity (Wildman–Crippen MR) is 83.3 cm³/mol. The maximum Gasteiger partial charge on any atom is 0.229 e. The highest BCUT2D eigenvalue weighted by Crippen LogP contribution is 2.26. The quantitative estimate of drug-likeness (QED) is 0.728. The average Bonchev–Trinajstić information content (AvgIpc) is 2.50. The van der Waals surface area contributed by atoms with Crippen LogP contribution in [0.2, 0.25) is 0 Å². The number of nitrogens with zero attached hydrogens (tertiary/aromatic N) is 2. The van der Waals surface area contributed by atoms with Gasteiger partial charge in [0.05, 0.1) is 18.9 Å². The van der Waals surface area contributed by atoms with Gasteiger partial charge in [0.1, 0.15) is 11.6 Å². The van der Waals surface area contributed by atoms with E-state index in [0.717, 1.165) is 17.3 Å². The lowest BCUT2D eigenvalue weighted by molar-refractivity contribution is 0.210. The van der Waals surface area contributed by atoms with E-state index in [4.69, 9.17) is 9.47 Å². The molecule has 2 N–H and O–H groups in total. The summed E-state index contributed by atoms with van der Waals surface area (Å²) in [6.07, 6.45) is 1.70. The van der Waals surface area contributed by atoms with Gasteiger partial charge in [0.2, 0.25) is 5.95 Å². The summed E-state index contributed by atoms with van der Waals surface area (Å²) in [6, 6.07) is 9.52. The number of aromatic nitrogens is 2. The van der Waals surface area contributed by atoms with Crippen molar-refractivity contribution in [3.8, 4) is 5.75 Å². The van der Waals surface area contributed by atoms with Crippen molar-refractivity contribution in [1.82, 2.24) is 9.97 Å². The maximum atomic E-state index is 5.57. The number of benzene rings is 1. The van der Waals surface area contributed by atoms with E-state index in [-0.39, 0.29) is 0 Å². The molecule has 0 aliphatic rings. The molecule has 1 aromatic heterocycles. The Morgan fingerprint density at radius 3 is 2.86 bits per heavy atom. The van der Waals surface area contributed by atoms with Crippen molar-refractivity contribution in [1.29, 1.82) is 0 Å². The molecule has 112 valence electrons. The molecule has 0 fully saturated rings. The van der Waals surface area contributed by atoms with Gasteiger partial charge in [-0.1, -0.05) is 12.1 Å². The van der Waals surface area contributed by atoms with Gasteiger partial charge in [0.15, 0.2) is 0 Å². The van der Waals surface area contributed by atoms with Crippen LogP contribution in [-0.4, -0.2) is 36.8 Å². The topological polar surface area (TPSA) is 68.3 Å². The van der Waals surface area contributed by atoms with Crippen LogP contribution in [0.5, 0.6) is 5.75 Å². The van der Waals surface area contributed by atoms with Gasteiger partial charge < -0.3 is 20.1 Å². The van der Waals surface area contributed by atoms with E-state index in [1.807, 2.05) is 37.3 Å². The fourth-order valence-electron chi connectivity index (χ4n) is 1.77. The van der Waals surface area contributed by atoms with Crippen LogP contribution in [-0.2, 0) is 4.74 Å². The summed E-state index contributed by atoms with van der Waals surface area (Å²) >= 11 is 0. The Hall–Kier alpha value is -2.34. The van der Waals surface area contributed by atoms with Gasteiger partial charge in [0.25, 0.3) is 0 Å². The van der Waals surface area contributed by atoms with E-state index >= 15 is 0 Å². The second-order valence-electron chi connectivity index (χ2n) is 4.24. The van der Waals surface area contributed by atoms with E-state index < -0.39 is 0 Å². The maximum absolute atomic E-state index is 5.57. The van der Waals surface area contributed by atoms with Gasteiger partial charge in [0, 0.05) is 19.9 Å². The summed E-state index contributed by atoms with van der Waals surface area (Å²) in [6.45, 7) is 3.88.